The summed E-state index contributed by atoms with van der Waals surface area (Å²) in [7, 11) is 0. The van der Waals surface area contributed by atoms with E-state index in [9.17, 15) is 9.59 Å². The summed E-state index contributed by atoms with van der Waals surface area (Å²) in [4.78, 5) is 23.1. The number of hydrogen-bond donors (Lipinski definition) is 1. The average molecular weight is 523 g/mol. The zero-order chi connectivity index (χ0) is 27.2. The molecule has 0 aromatic heterocycles. The zero-order valence-corrected chi connectivity index (χ0v) is 24.8. The highest BCUT2D eigenvalue weighted by molar-refractivity contribution is 5.69. The average Bonchev–Trinajstić information content (AvgIpc) is 2.87. The van der Waals surface area contributed by atoms with Crippen LogP contribution in [-0.2, 0) is 14.3 Å². The van der Waals surface area contributed by atoms with Crippen molar-refractivity contribution in [1.82, 2.24) is 0 Å². The number of rotatable bonds is 29. The summed E-state index contributed by atoms with van der Waals surface area (Å²) < 4.78 is 5.84. The molecule has 37 heavy (non-hydrogen) atoms. The van der Waals surface area contributed by atoms with Gasteiger partial charge in [0.05, 0.1) is 0 Å². The van der Waals surface area contributed by atoms with Gasteiger partial charge in [-0.15, -0.1) is 0 Å². The van der Waals surface area contributed by atoms with Gasteiger partial charge in [-0.1, -0.05) is 135 Å². The highest BCUT2D eigenvalue weighted by Crippen LogP contribution is 2.15. The summed E-state index contributed by atoms with van der Waals surface area (Å²) in [6.07, 6.45) is 33.7. The van der Waals surface area contributed by atoms with Gasteiger partial charge in [0.25, 0.3) is 0 Å². The van der Waals surface area contributed by atoms with Crippen molar-refractivity contribution in [2.75, 3.05) is 0 Å². The largest absolute Gasteiger partial charge is 0.481 e. The summed E-state index contributed by atoms with van der Waals surface area (Å²) in [5.74, 6) is -0.783. The summed E-state index contributed by atoms with van der Waals surface area (Å²) in [6.45, 7) is 4.51. The van der Waals surface area contributed by atoms with Crippen LogP contribution in [0.25, 0.3) is 0 Å². The third-order valence-corrected chi connectivity index (χ3v) is 7.22. The van der Waals surface area contributed by atoms with Crippen molar-refractivity contribution in [3.63, 3.8) is 0 Å². The number of carboxylic acid groups (broad SMARTS) is 1. The van der Waals surface area contributed by atoms with Gasteiger partial charge in [0.2, 0.25) is 0 Å². The van der Waals surface area contributed by atoms with Crippen molar-refractivity contribution < 1.29 is 19.4 Å². The Bertz CT molecular complexity index is 528. The number of carbonyl (C=O) groups excluding carboxylic acids is 1. The van der Waals surface area contributed by atoms with Crippen molar-refractivity contribution in [3.05, 3.63) is 12.2 Å². The second-order valence-electron chi connectivity index (χ2n) is 11.0. The van der Waals surface area contributed by atoms with E-state index in [0.29, 0.717) is 6.42 Å². The summed E-state index contributed by atoms with van der Waals surface area (Å²) in [6, 6.07) is 0. The predicted octanol–water partition coefficient (Wildman–Crippen LogP) is 10.7. The third kappa shape index (κ3) is 29.1. The minimum absolute atomic E-state index is 0.0626. The molecule has 0 rings (SSSR count). The molecule has 1 N–H and O–H groups in total. The van der Waals surface area contributed by atoms with E-state index in [0.717, 1.165) is 51.4 Å². The topological polar surface area (TPSA) is 63.6 Å². The van der Waals surface area contributed by atoms with Gasteiger partial charge < -0.3 is 9.84 Å². The quantitative estimate of drug-likeness (QED) is 0.0602. The van der Waals surface area contributed by atoms with Gasteiger partial charge in [-0.25, -0.2) is 0 Å². The van der Waals surface area contributed by atoms with E-state index < -0.39 is 5.97 Å². The summed E-state index contributed by atoms with van der Waals surface area (Å²) >= 11 is 0. The molecular weight excluding hydrogens is 460 g/mol. The minimum atomic E-state index is -0.720. The molecule has 0 aromatic carbocycles. The highest BCUT2D eigenvalue weighted by Gasteiger charge is 2.11. The second-order valence-corrected chi connectivity index (χ2v) is 11.0. The van der Waals surface area contributed by atoms with Gasteiger partial charge in [-0.2, -0.15) is 0 Å². The Balaban J connectivity index is 4.09. The van der Waals surface area contributed by atoms with Crippen LogP contribution in [0, 0.1) is 0 Å². The first-order chi connectivity index (χ1) is 18.1. The number of unbranched alkanes of at least 4 members (excludes halogenated alkanes) is 20. The van der Waals surface area contributed by atoms with Gasteiger partial charge in [0.15, 0.2) is 0 Å². The normalized spacial score (nSPS) is 12.3. The van der Waals surface area contributed by atoms with E-state index in [4.69, 9.17) is 9.84 Å². The van der Waals surface area contributed by atoms with Gasteiger partial charge in [0, 0.05) is 12.8 Å². The molecule has 0 heterocycles. The van der Waals surface area contributed by atoms with Gasteiger partial charge in [0.1, 0.15) is 6.10 Å². The molecule has 0 amide bonds. The molecule has 0 aliphatic heterocycles. The standard InChI is InChI=1S/C33H62O4/c1-3-5-7-9-11-13-14-16-18-20-26-30-33(36)37-31(28-24-21-22-25-29-32(34)35)27-23-19-17-15-12-10-8-6-4-2/h23,27,31H,3-22,24-26,28-30H2,1-2H3,(H,34,35)/b27-23-. The molecule has 0 aliphatic carbocycles. The molecule has 0 bridgehead atoms. The lowest BCUT2D eigenvalue weighted by atomic mass is 10.0. The van der Waals surface area contributed by atoms with Crippen molar-refractivity contribution in [2.24, 2.45) is 0 Å². The van der Waals surface area contributed by atoms with E-state index in [1.807, 2.05) is 0 Å². The minimum Gasteiger partial charge on any atom is -0.481 e. The molecule has 0 saturated heterocycles. The monoisotopic (exact) mass is 522 g/mol. The van der Waals surface area contributed by atoms with E-state index in [1.54, 1.807) is 0 Å². The number of carboxylic acids is 1. The van der Waals surface area contributed by atoms with Crippen molar-refractivity contribution >= 4 is 11.9 Å². The van der Waals surface area contributed by atoms with Crippen LogP contribution in [0.3, 0.4) is 0 Å². The lowest BCUT2D eigenvalue weighted by molar-refractivity contribution is -0.147. The third-order valence-electron chi connectivity index (χ3n) is 7.22. The highest BCUT2D eigenvalue weighted by atomic mass is 16.5. The molecule has 218 valence electrons. The first-order valence-electron chi connectivity index (χ1n) is 16.2. The van der Waals surface area contributed by atoms with Gasteiger partial charge >= 0.3 is 11.9 Å². The van der Waals surface area contributed by atoms with Crippen LogP contribution in [-0.4, -0.2) is 23.1 Å². The van der Waals surface area contributed by atoms with E-state index >= 15 is 0 Å². The molecule has 0 fully saturated rings. The van der Waals surface area contributed by atoms with Gasteiger partial charge in [-0.3, -0.25) is 9.59 Å². The second kappa shape index (κ2) is 29.2. The van der Waals surface area contributed by atoms with Crippen LogP contribution < -0.4 is 0 Å². The Morgan fingerprint density at radius 1 is 0.595 bits per heavy atom. The number of carbonyl (C=O) groups is 2. The first-order valence-corrected chi connectivity index (χ1v) is 16.2. The SMILES string of the molecule is CCCCCCCCC/C=C\C(CCCCCCC(=O)O)OC(=O)CCCCCCCCCCCCC. The Hall–Kier alpha value is -1.32. The number of esters is 1. The van der Waals surface area contributed by atoms with Crippen LogP contribution >= 0.6 is 0 Å². The number of aliphatic carboxylic acids is 1. The maximum atomic E-state index is 12.5. The molecule has 0 saturated carbocycles. The Kier molecular flexibility index (Phi) is 28.2. The molecule has 0 radical (unpaired) electrons. The Labute approximate surface area is 230 Å². The van der Waals surface area contributed by atoms with Gasteiger partial charge in [-0.05, 0) is 44.6 Å². The van der Waals surface area contributed by atoms with Crippen LogP contribution in [0.5, 0.6) is 0 Å². The molecule has 0 aromatic rings. The van der Waals surface area contributed by atoms with Crippen LogP contribution in [0.1, 0.15) is 181 Å². The lowest BCUT2D eigenvalue weighted by Gasteiger charge is -2.15. The van der Waals surface area contributed by atoms with Crippen LogP contribution in [0.4, 0.5) is 0 Å². The maximum absolute atomic E-state index is 12.5. The zero-order valence-electron chi connectivity index (χ0n) is 24.8. The maximum Gasteiger partial charge on any atom is 0.306 e. The molecule has 4 heteroatoms. The van der Waals surface area contributed by atoms with Crippen molar-refractivity contribution in [3.8, 4) is 0 Å². The molecule has 0 spiro atoms. The van der Waals surface area contributed by atoms with E-state index in [-0.39, 0.29) is 18.5 Å². The fraction of sp³-hybridized carbons (Fsp3) is 0.879. The lowest BCUT2D eigenvalue weighted by Crippen LogP contribution is -2.16. The molecular formula is C33H62O4. The molecule has 1 atom stereocenters. The van der Waals surface area contributed by atoms with E-state index in [1.165, 1.54) is 103 Å². The molecule has 0 aliphatic rings. The smallest absolute Gasteiger partial charge is 0.306 e. The van der Waals surface area contributed by atoms with Crippen molar-refractivity contribution in [2.45, 2.75) is 187 Å². The summed E-state index contributed by atoms with van der Waals surface area (Å²) in [5.41, 5.74) is 0. The number of allylic oxidation sites excluding steroid dienone is 1. The van der Waals surface area contributed by atoms with Crippen molar-refractivity contribution in [1.29, 1.82) is 0 Å². The first kappa shape index (κ1) is 35.7. The van der Waals surface area contributed by atoms with Crippen LogP contribution in [0.15, 0.2) is 12.2 Å². The molecule has 4 nitrogen and oxygen atoms in total. The summed E-state index contributed by atoms with van der Waals surface area (Å²) in [5, 5.41) is 8.78. The molecule has 1 unspecified atom stereocenters. The number of ether oxygens (including phenoxy) is 1. The van der Waals surface area contributed by atoms with Crippen LogP contribution in [0.2, 0.25) is 0 Å². The number of hydrogen-bond acceptors (Lipinski definition) is 3. The predicted molar refractivity (Wildman–Crippen MR) is 158 cm³/mol. The Morgan fingerprint density at radius 2 is 1.03 bits per heavy atom. The fourth-order valence-corrected chi connectivity index (χ4v) is 4.80. The Morgan fingerprint density at radius 3 is 1.54 bits per heavy atom. The fourth-order valence-electron chi connectivity index (χ4n) is 4.80. The van der Waals surface area contributed by atoms with E-state index in [2.05, 4.69) is 26.0 Å².